The van der Waals surface area contributed by atoms with Crippen LogP contribution in [-0.2, 0) is 6.54 Å². The summed E-state index contributed by atoms with van der Waals surface area (Å²) in [5, 5.41) is 3.52. The Labute approximate surface area is 91.5 Å². The van der Waals surface area contributed by atoms with Crippen molar-refractivity contribution in [1.29, 1.82) is 0 Å². The lowest BCUT2D eigenvalue weighted by atomic mass is 10.1. The molecule has 0 aromatic heterocycles. The van der Waals surface area contributed by atoms with Crippen molar-refractivity contribution in [2.75, 3.05) is 6.54 Å². The molecular weight excluding hydrogens is 194 g/mol. The van der Waals surface area contributed by atoms with Crippen molar-refractivity contribution >= 4 is 11.6 Å². The number of benzene rings is 1. The highest BCUT2D eigenvalue weighted by Gasteiger charge is 1.97. The van der Waals surface area contributed by atoms with Crippen molar-refractivity contribution in [2.45, 2.75) is 32.7 Å². The van der Waals surface area contributed by atoms with Crippen LogP contribution in [-0.4, -0.2) is 11.9 Å². The van der Waals surface area contributed by atoms with Gasteiger partial charge in [-0.05, 0) is 26.3 Å². The molecule has 1 unspecified atom stereocenters. The second-order valence-corrected chi connectivity index (χ2v) is 4.65. The Morgan fingerprint density at radius 1 is 1.21 bits per heavy atom. The van der Waals surface area contributed by atoms with Crippen molar-refractivity contribution in [3.63, 3.8) is 0 Å². The van der Waals surface area contributed by atoms with Gasteiger partial charge in [0.15, 0.2) is 0 Å². The van der Waals surface area contributed by atoms with E-state index < -0.39 is 0 Å². The molecule has 0 heterocycles. The average molecular weight is 212 g/mol. The zero-order valence-corrected chi connectivity index (χ0v) is 9.86. The molecule has 78 valence electrons. The summed E-state index contributed by atoms with van der Waals surface area (Å²) < 4.78 is 0. The van der Waals surface area contributed by atoms with Crippen LogP contribution in [0, 0.1) is 13.8 Å². The molecule has 0 fully saturated rings. The van der Waals surface area contributed by atoms with Crippen LogP contribution in [0.25, 0.3) is 0 Å². The lowest BCUT2D eigenvalue weighted by Crippen LogP contribution is -2.20. The van der Waals surface area contributed by atoms with E-state index in [-0.39, 0.29) is 5.38 Å². The molecule has 0 amide bonds. The van der Waals surface area contributed by atoms with Gasteiger partial charge in [0.05, 0.1) is 0 Å². The highest BCUT2D eigenvalue weighted by Crippen LogP contribution is 2.08. The highest BCUT2D eigenvalue weighted by atomic mass is 35.5. The first-order valence-corrected chi connectivity index (χ1v) is 5.43. The topological polar surface area (TPSA) is 12.0 Å². The Hall–Kier alpha value is -0.530. The zero-order valence-electron chi connectivity index (χ0n) is 9.10. The molecule has 1 aromatic carbocycles. The van der Waals surface area contributed by atoms with E-state index in [0.29, 0.717) is 0 Å². The molecule has 2 heteroatoms. The lowest BCUT2D eigenvalue weighted by Gasteiger charge is -2.08. The Kier molecular flexibility index (Phi) is 4.43. The Morgan fingerprint density at radius 3 is 2.29 bits per heavy atom. The predicted octanol–water partition coefficient (Wildman–Crippen LogP) is 3.02. The Morgan fingerprint density at radius 2 is 1.79 bits per heavy atom. The normalized spacial score (nSPS) is 12.9. The first kappa shape index (κ1) is 11.5. The third-order valence-electron chi connectivity index (χ3n) is 2.04. The molecule has 0 aliphatic rings. The highest BCUT2D eigenvalue weighted by molar-refractivity contribution is 6.20. The minimum absolute atomic E-state index is 0.195. The van der Waals surface area contributed by atoms with E-state index in [1.807, 2.05) is 6.92 Å². The van der Waals surface area contributed by atoms with E-state index >= 15 is 0 Å². The second kappa shape index (κ2) is 5.38. The fraction of sp³-hybridized carbons (Fsp3) is 0.500. The second-order valence-electron chi connectivity index (χ2n) is 3.91. The monoisotopic (exact) mass is 211 g/mol. The summed E-state index contributed by atoms with van der Waals surface area (Å²) in [6, 6.07) is 6.60. The molecule has 1 N–H and O–H groups in total. The maximum atomic E-state index is 5.84. The van der Waals surface area contributed by atoms with Crippen LogP contribution in [0.15, 0.2) is 18.2 Å². The molecule has 0 aliphatic carbocycles. The van der Waals surface area contributed by atoms with Gasteiger partial charge in [0.1, 0.15) is 0 Å². The van der Waals surface area contributed by atoms with E-state index in [1.54, 1.807) is 0 Å². The molecule has 0 bridgehead atoms. The van der Waals surface area contributed by atoms with E-state index in [0.717, 1.165) is 13.1 Å². The van der Waals surface area contributed by atoms with Gasteiger partial charge in [0.2, 0.25) is 0 Å². The summed E-state index contributed by atoms with van der Waals surface area (Å²) in [7, 11) is 0. The van der Waals surface area contributed by atoms with Gasteiger partial charge >= 0.3 is 0 Å². The summed E-state index contributed by atoms with van der Waals surface area (Å²) in [5.74, 6) is 0. The van der Waals surface area contributed by atoms with Crippen LogP contribution in [0.2, 0.25) is 0 Å². The van der Waals surface area contributed by atoms with E-state index in [9.17, 15) is 0 Å². The quantitative estimate of drug-likeness (QED) is 0.756. The third-order valence-corrected chi connectivity index (χ3v) is 2.19. The summed E-state index contributed by atoms with van der Waals surface area (Å²) in [6.45, 7) is 8.01. The van der Waals surface area contributed by atoms with Crippen molar-refractivity contribution in [2.24, 2.45) is 0 Å². The number of alkyl halides is 1. The van der Waals surface area contributed by atoms with Crippen LogP contribution in [0.3, 0.4) is 0 Å². The molecule has 1 rings (SSSR count). The van der Waals surface area contributed by atoms with E-state index in [4.69, 9.17) is 11.6 Å². The zero-order chi connectivity index (χ0) is 10.6. The number of rotatable bonds is 4. The van der Waals surface area contributed by atoms with E-state index in [1.165, 1.54) is 16.7 Å². The average Bonchev–Trinajstić information content (AvgIpc) is 2.01. The molecule has 1 aromatic rings. The molecule has 0 aliphatic heterocycles. The van der Waals surface area contributed by atoms with Gasteiger partial charge in [-0.3, -0.25) is 0 Å². The van der Waals surface area contributed by atoms with Crippen molar-refractivity contribution in [3.8, 4) is 0 Å². The summed E-state index contributed by atoms with van der Waals surface area (Å²) >= 11 is 5.84. The molecule has 1 nitrogen and oxygen atoms in total. The molecule has 0 saturated heterocycles. The summed E-state index contributed by atoms with van der Waals surface area (Å²) in [6.07, 6.45) is 0. The van der Waals surface area contributed by atoms with Crippen LogP contribution in [0.4, 0.5) is 0 Å². The van der Waals surface area contributed by atoms with Gasteiger partial charge in [0, 0.05) is 18.5 Å². The molecule has 1 atom stereocenters. The number of aryl methyl sites for hydroxylation is 2. The first-order chi connectivity index (χ1) is 6.58. The van der Waals surface area contributed by atoms with Gasteiger partial charge < -0.3 is 5.32 Å². The maximum absolute atomic E-state index is 5.84. The molecule has 0 saturated carbocycles. The van der Waals surface area contributed by atoms with Crippen LogP contribution >= 0.6 is 11.6 Å². The van der Waals surface area contributed by atoms with Gasteiger partial charge in [-0.15, -0.1) is 11.6 Å². The van der Waals surface area contributed by atoms with Gasteiger partial charge in [0.25, 0.3) is 0 Å². The minimum atomic E-state index is 0.195. The smallest absolute Gasteiger partial charge is 0.0432 e. The van der Waals surface area contributed by atoms with Gasteiger partial charge in [-0.1, -0.05) is 29.3 Å². The van der Waals surface area contributed by atoms with E-state index in [2.05, 4.69) is 37.4 Å². The number of nitrogens with one attached hydrogen (secondary N) is 1. The Bertz CT molecular complexity index is 274. The van der Waals surface area contributed by atoms with Gasteiger partial charge in [-0.2, -0.15) is 0 Å². The minimum Gasteiger partial charge on any atom is -0.311 e. The Balaban J connectivity index is 2.50. The molecule has 0 spiro atoms. The van der Waals surface area contributed by atoms with Crippen LogP contribution in [0.5, 0.6) is 0 Å². The SMILES string of the molecule is Cc1cc(C)cc(CNCC(C)Cl)c1. The van der Waals surface area contributed by atoms with Crippen LogP contribution < -0.4 is 5.32 Å². The predicted molar refractivity (Wildman–Crippen MR) is 62.9 cm³/mol. The summed E-state index contributed by atoms with van der Waals surface area (Å²) in [5.41, 5.74) is 3.97. The number of hydrogen-bond acceptors (Lipinski definition) is 1. The fourth-order valence-electron chi connectivity index (χ4n) is 1.59. The first-order valence-electron chi connectivity index (χ1n) is 5.00. The van der Waals surface area contributed by atoms with Crippen molar-refractivity contribution < 1.29 is 0 Å². The fourth-order valence-corrected chi connectivity index (χ4v) is 1.70. The van der Waals surface area contributed by atoms with Crippen molar-refractivity contribution in [1.82, 2.24) is 5.32 Å². The van der Waals surface area contributed by atoms with Crippen LogP contribution in [0.1, 0.15) is 23.6 Å². The van der Waals surface area contributed by atoms with Crippen molar-refractivity contribution in [3.05, 3.63) is 34.9 Å². The molecule has 0 radical (unpaired) electrons. The summed E-state index contributed by atoms with van der Waals surface area (Å²) in [4.78, 5) is 0. The lowest BCUT2D eigenvalue weighted by molar-refractivity contribution is 0.679. The third kappa shape index (κ3) is 4.12. The number of halogens is 1. The molecule has 14 heavy (non-hydrogen) atoms. The van der Waals surface area contributed by atoms with Gasteiger partial charge in [-0.25, -0.2) is 0 Å². The maximum Gasteiger partial charge on any atom is 0.0432 e. The number of hydrogen-bond donors (Lipinski definition) is 1. The standard InChI is InChI=1S/C12H18ClN/c1-9-4-10(2)6-12(5-9)8-14-7-11(3)13/h4-6,11,14H,7-8H2,1-3H3. The largest absolute Gasteiger partial charge is 0.311 e. The molecular formula is C12H18ClN.